The zero-order valence-corrected chi connectivity index (χ0v) is 11.9. The number of H-pyrrole nitrogens is 1. The molecule has 1 heterocycles. The maximum absolute atomic E-state index is 12.4. The van der Waals surface area contributed by atoms with Crippen LogP contribution in [-0.4, -0.2) is 23.0 Å². The second-order valence-electron chi connectivity index (χ2n) is 5.72. The van der Waals surface area contributed by atoms with Gasteiger partial charge in [-0.1, -0.05) is 11.6 Å². The van der Waals surface area contributed by atoms with Crippen molar-refractivity contribution < 1.29 is 4.79 Å². The summed E-state index contributed by atoms with van der Waals surface area (Å²) in [5.74, 6) is -0.0789. The monoisotopic (exact) mass is 259 g/mol. The average Bonchev–Trinajstić information content (AvgIpc) is 2.64. The van der Waals surface area contributed by atoms with Gasteiger partial charge in [0.05, 0.1) is 5.56 Å². The minimum Gasteiger partial charge on any atom is -0.358 e. The van der Waals surface area contributed by atoms with E-state index >= 15 is 0 Å². The number of benzene rings is 1. The van der Waals surface area contributed by atoms with Gasteiger partial charge in [0.2, 0.25) is 0 Å². The van der Waals surface area contributed by atoms with Gasteiger partial charge < -0.3 is 16.0 Å². The van der Waals surface area contributed by atoms with Crippen molar-refractivity contribution in [3.8, 4) is 0 Å². The molecule has 0 aliphatic heterocycles. The quantitative estimate of drug-likeness (QED) is 0.791. The van der Waals surface area contributed by atoms with Crippen LogP contribution in [0.15, 0.2) is 18.2 Å². The van der Waals surface area contributed by atoms with Crippen molar-refractivity contribution in [2.24, 2.45) is 5.73 Å². The number of nitrogens with two attached hydrogens (primary N) is 1. The molecule has 4 nitrogen and oxygen atoms in total. The molecule has 0 spiro atoms. The van der Waals surface area contributed by atoms with Gasteiger partial charge >= 0.3 is 0 Å². The van der Waals surface area contributed by atoms with Gasteiger partial charge in [0.1, 0.15) is 0 Å². The van der Waals surface area contributed by atoms with Crippen LogP contribution >= 0.6 is 0 Å². The molecule has 2 aromatic rings. The first-order valence-corrected chi connectivity index (χ1v) is 6.45. The van der Waals surface area contributed by atoms with E-state index in [1.54, 1.807) is 0 Å². The smallest absolute Gasteiger partial charge is 0.254 e. The first-order valence-electron chi connectivity index (χ1n) is 6.45. The molecule has 0 aliphatic rings. The van der Waals surface area contributed by atoms with Crippen molar-refractivity contribution in [2.45, 2.75) is 33.2 Å². The number of nitrogens with one attached hydrogen (secondary N) is 2. The predicted octanol–water partition coefficient (Wildman–Crippen LogP) is 2.25. The molecule has 0 radical (unpaired) electrons. The first kappa shape index (κ1) is 13.6. The summed E-state index contributed by atoms with van der Waals surface area (Å²) >= 11 is 0. The fourth-order valence-corrected chi connectivity index (χ4v) is 2.15. The highest BCUT2D eigenvalue weighted by molar-refractivity contribution is 6.08. The van der Waals surface area contributed by atoms with Gasteiger partial charge in [-0.05, 0) is 39.8 Å². The number of aromatic amines is 1. The summed E-state index contributed by atoms with van der Waals surface area (Å²) in [6.45, 7) is 8.17. The van der Waals surface area contributed by atoms with E-state index in [-0.39, 0.29) is 5.91 Å². The summed E-state index contributed by atoms with van der Waals surface area (Å²) in [6, 6.07) is 6.06. The van der Waals surface area contributed by atoms with Crippen molar-refractivity contribution in [3.63, 3.8) is 0 Å². The van der Waals surface area contributed by atoms with Crippen LogP contribution < -0.4 is 11.1 Å². The second kappa shape index (κ2) is 4.70. The van der Waals surface area contributed by atoms with E-state index in [1.807, 2.05) is 45.9 Å². The molecule has 1 aromatic carbocycles. The number of amides is 1. The Bertz CT molecular complexity index is 626. The molecular weight excluding hydrogens is 238 g/mol. The van der Waals surface area contributed by atoms with Crippen molar-refractivity contribution in [1.29, 1.82) is 0 Å². The number of aromatic nitrogens is 1. The van der Waals surface area contributed by atoms with Crippen LogP contribution in [-0.2, 0) is 0 Å². The van der Waals surface area contributed by atoms with Gasteiger partial charge in [-0.3, -0.25) is 4.79 Å². The lowest BCUT2D eigenvalue weighted by Crippen LogP contribution is -2.48. The maximum Gasteiger partial charge on any atom is 0.254 e. The lowest BCUT2D eigenvalue weighted by molar-refractivity contribution is 0.0917. The van der Waals surface area contributed by atoms with E-state index in [1.165, 1.54) is 0 Å². The van der Waals surface area contributed by atoms with Crippen LogP contribution in [0.25, 0.3) is 10.9 Å². The number of aryl methyl sites for hydroxylation is 2. The molecule has 1 amide bonds. The van der Waals surface area contributed by atoms with Gasteiger partial charge in [-0.25, -0.2) is 0 Å². The van der Waals surface area contributed by atoms with E-state index in [4.69, 9.17) is 5.73 Å². The summed E-state index contributed by atoms with van der Waals surface area (Å²) in [5.41, 5.74) is 8.97. The van der Waals surface area contributed by atoms with Gasteiger partial charge in [-0.2, -0.15) is 0 Å². The minimum absolute atomic E-state index is 0.0789. The Morgan fingerprint density at radius 2 is 2.05 bits per heavy atom. The van der Waals surface area contributed by atoms with Crippen LogP contribution in [0, 0.1) is 13.8 Å². The van der Waals surface area contributed by atoms with Crippen LogP contribution in [0.1, 0.15) is 35.5 Å². The molecule has 2 rings (SSSR count). The third kappa shape index (κ3) is 2.63. The number of carbonyl (C=O) groups is 1. The fraction of sp³-hybridized carbons (Fsp3) is 0.400. The highest BCUT2D eigenvalue weighted by Crippen LogP contribution is 2.23. The van der Waals surface area contributed by atoms with Crippen molar-refractivity contribution in [3.05, 3.63) is 35.0 Å². The van der Waals surface area contributed by atoms with E-state index in [0.717, 1.165) is 22.2 Å². The van der Waals surface area contributed by atoms with Crippen LogP contribution in [0.5, 0.6) is 0 Å². The lowest BCUT2D eigenvalue weighted by atomic mass is 10.0. The Morgan fingerprint density at radius 1 is 1.37 bits per heavy atom. The number of rotatable bonds is 3. The highest BCUT2D eigenvalue weighted by Gasteiger charge is 2.22. The molecule has 0 saturated carbocycles. The molecule has 4 heteroatoms. The Kier molecular flexibility index (Phi) is 3.37. The zero-order chi connectivity index (χ0) is 14.2. The number of hydrogen-bond donors (Lipinski definition) is 3. The third-order valence-electron chi connectivity index (χ3n) is 3.33. The number of hydrogen-bond acceptors (Lipinski definition) is 2. The fourth-order valence-electron chi connectivity index (χ4n) is 2.15. The van der Waals surface area contributed by atoms with Crippen LogP contribution in [0.2, 0.25) is 0 Å². The minimum atomic E-state index is -0.406. The summed E-state index contributed by atoms with van der Waals surface area (Å²) in [6.07, 6.45) is 0. The zero-order valence-electron chi connectivity index (χ0n) is 11.9. The van der Waals surface area contributed by atoms with Crippen LogP contribution in [0.4, 0.5) is 0 Å². The molecule has 0 saturated heterocycles. The first-order chi connectivity index (χ1) is 8.84. The summed E-state index contributed by atoms with van der Waals surface area (Å²) in [4.78, 5) is 15.7. The molecule has 1 aromatic heterocycles. The topological polar surface area (TPSA) is 70.9 Å². The second-order valence-corrected chi connectivity index (χ2v) is 5.72. The third-order valence-corrected chi connectivity index (χ3v) is 3.33. The average molecular weight is 259 g/mol. The SMILES string of the molecule is Cc1ccc2[nH]c(C)c(C(=O)NC(C)(C)CN)c2c1. The van der Waals surface area contributed by atoms with E-state index in [9.17, 15) is 4.79 Å². The molecule has 0 atom stereocenters. The van der Waals surface area contributed by atoms with Gasteiger partial charge in [0.25, 0.3) is 5.91 Å². The van der Waals surface area contributed by atoms with Gasteiger partial charge in [-0.15, -0.1) is 0 Å². The van der Waals surface area contributed by atoms with E-state index in [2.05, 4.69) is 10.3 Å². The lowest BCUT2D eigenvalue weighted by Gasteiger charge is -2.24. The Balaban J connectivity index is 2.47. The normalized spacial score (nSPS) is 11.8. The van der Waals surface area contributed by atoms with Crippen LogP contribution in [0.3, 0.4) is 0 Å². The summed E-state index contributed by atoms with van der Waals surface area (Å²) in [5, 5.41) is 3.94. The Labute approximate surface area is 113 Å². The number of carbonyl (C=O) groups excluding carboxylic acids is 1. The van der Waals surface area contributed by atoms with Gasteiger partial charge in [0, 0.05) is 28.7 Å². The summed E-state index contributed by atoms with van der Waals surface area (Å²) in [7, 11) is 0. The molecular formula is C15H21N3O. The molecule has 19 heavy (non-hydrogen) atoms. The highest BCUT2D eigenvalue weighted by atomic mass is 16.1. The standard InChI is InChI=1S/C15H21N3O/c1-9-5-6-12-11(7-9)13(10(2)17-12)14(19)18-15(3,4)8-16/h5-7,17H,8,16H2,1-4H3,(H,18,19). The Morgan fingerprint density at radius 3 is 2.68 bits per heavy atom. The van der Waals surface area contributed by atoms with Crippen molar-refractivity contribution in [1.82, 2.24) is 10.3 Å². The molecule has 0 unspecified atom stereocenters. The van der Waals surface area contributed by atoms with Crippen molar-refractivity contribution >= 4 is 16.8 Å². The molecule has 0 bridgehead atoms. The molecule has 102 valence electrons. The largest absolute Gasteiger partial charge is 0.358 e. The van der Waals surface area contributed by atoms with Gasteiger partial charge in [0.15, 0.2) is 0 Å². The number of fused-ring (bicyclic) bond motifs is 1. The van der Waals surface area contributed by atoms with Crippen molar-refractivity contribution in [2.75, 3.05) is 6.54 Å². The maximum atomic E-state index is 12.4. The van der Waals surface area contributed by atoms with E-state index in [0.29, 0.717) is 12.1 Å². The molecule has 0 aliphatic carbocycles. The summed E-state index contributed by atoms with van der Waals surface area (Å²) < 4.78 is 0. The predicted molar refractivity (Wildman–Crippen MR) is 78.4 cm³/mol. The Hall–Kier alpha value is -1.81. The molecule has 4 N–H and O–H groups in total. The molecule has 0 fully saturated rings. The van der Waals surface area contributed by atoms with E-state index < -0.39 is 5.54 Å².